The number of likely N-dealkylation sites (N-methyl/N-ethyl adjacent to an activating group) is 1. The van der Waals surface area contributed by atoms with Gasteiger partial charge in [0, 0.05) is 6.54 Å². The van der Waals surface area contributed by atoms with Gasteiger partial charge in [-0.1, -0.05) is 0 Å². The summed E-state index contributed by atoms with van der Waals surface area (Å²) in [5.41, 5.74) is 2.62. The van der Waals surface area contributed by atoms with Crippen molar-refractivity contribution in [3.8, 4) is 11.5 Å². The van der Waals surface area contributed by atoms with Crippen molar-refractivity contribution >= 4 is 12.6 Å². The van der Waals surface area contributed by atoms with Gasteiger partial charge >= 0.3 is 0 Å². The first kappa shape index (κ1) is 13.6. The Kier molecular flexibility index (Phi) is 4.78. The quantitative estimate of drug-likeness (QED) is 0.801. The monoisotopic (exact) mass is 267 g/mol. The molecule has 0 amide bonds. The van der Waals surface area contributed by atoms with E-state index in [1.54, 1.807) is 0 Å². The number of benzene rings is 1. The van der Waals surface area contributed by atoms with Gasteiger partial charge in [0.05, 0.1) is 0 Å². The van der Waals surface area contributed by atoms with Gasteiger partial charge in [0.1, 0.15) is 0 Å². The Bertz CT molecular complexity index is 409. The minimum Gasteiger partial charge on any atom is -0.454 e. The summed E-state index contributed by atoms with van der Waals surface area (Å²) in [6.07, 6.45) is 2.19. The minimum atomic E-state index is 0.347. The van der Waals surface area contributed by atoms with Crippen LogP contribution in [0.4, 0.5) is 0 Å². The number of nitrogens with zero attached hydrogens (tertiary/aromatic N) is 1. The SMILES string of the molecule is Cc1cc2c(cc1CCN(C)CCCS)OCO2. The molecule has 0 N–H and O–H groups in total. The summed E-state index contributed by atoms with van der Waals surface area (Å²) in [5, 5.41) is 0. The molecule has 18 heavy (non-hydrogen) atoms. The zero-order valence-electron chi connectivity index (χ0n) is 11.1. The first-order valence-electron chi connectivity index (χ1n) is 6.39. The van der Waals surface area contributed by atoms with Crippen molar-refractivity contribution in [1.82, 2.24) is 4.90 Å². The fourth-order valence-electron chi connectivity index (χ4n) is 2.12. The van der Waals surface area contributed by atoms with Crippen LogP contribution in [0.5, 0.6) is 11.5 Å². The van der Waals surface area contributed by atoms with Crippen molar-refractivity contribution in [2.75, 3.05) is 32.7 Å². The maximum Gasteiger partial charge on any atom is 0.231 e. The predicted molar refractivity (Wildman–Crippen MR) is 77.0 cm³/mol. The van der Waals surface area contributed by atoms with Crippen molar-refractivity contribution in [3.63, 3.8) is 0 Å². The van der Waals surface area contributed by atoms with Gasteiger partial charge in [0.25, 0.3) is 0 Å². The number of thiol groups is 1. The highest BCUT2D eigenvalue weighted by Gasteiger charge is 2.15. The molecule has 1 aliphatic heterocycles. The third kappa shape index (κ3) is 3.33. The standard InChI is InChI=1S/C14H21NO2S/c1-11-8-13-14(17-10-16-13)9-12(11)4-6-15(2)5-3-7-18/h8-9,18H,3-7,10H2,1-2H3. The third-order valence-electron chi connectivity index (χ3n) is 3.29. The molecule has 2 rings (SSSR count). The number of fused-ring (bicyclic) bond motifs is 1. The fourth-order valence-corrected chi connectivity index (χ4v) is 2.26. The van der Waals surface area contributed by atoms with E-state index in [1.165, 1.54) is 11.1 Å². The molecule has 0 bridgehead atoms. The first-order valence-corrected chi connectivity index (χ1v) is 7.02. The van der Waals surface area contributed by atoms with E-state index < -0.39 is 0 Å². The van der Waals surface area contributed by atoms with E-state index in [2.05, 4.69) is 43.6 Å². The molecule has 0 saturated heterocycles. The molecule has 100 valence electrons. The molecule has 1 heterocycles. The van der Waals surface area contributed by atoms with Crippen LogP contribution in [0, 0.1) is 6.92 Å². The second kappa shape index (κ2) is 6.34. The van der Waals surface area contributed by atoms with E-state index >= 15 is 0 Å². The number of rotatable bonds is 6. The maximum atomic E-state index is 5.42. The van der Waals surface area contributed by atoms with Crippen molar-refractivity contribution in [1.29, 1.82) is 0 Å². The highest BCUT2D eigenvalue weighted by atomic mass is 32.1. The lowest BCUT2D eigenvalue weighted by Crippen LogP contribution is -2.22. The Morgan fingerprint density at radius 3 is 2.67 bits per heavy atom. The van der Waals surface area contributed by atoms with Gasteiger partial charge in [-0.05, 0) is 62.4 Å². The van der Waals surface area contributed by atoms with Crippen LogP contribution in [0.2, 0.25) is 0 Å². The van der Waals surface area contributed by atoms with Crippen LogP contribution in [-0.4, -0.2) is 37.6 Å². The summed E-state index contributed by atoms with van der Waals surface area (Å²) in [4.78, 5) is 2.35. The predicted octanol–water partition coefficient (Wildman–Crippen LogP) is 2.52. The van der Waals surface area contributed by atoms with Crippen molar-refractivity contribution in [3.05, 3.63) is 23.3 Å². The van der Waals surface area contributed by atoms with Crippen LogP contribution >= 0.6 is 12.6 Å². The van der Waals surface area contributed by atoms with Crippen molar-refractivity contribution in [2.45, 2.75) is 19.8 Å². The molecule has 0 saturated carbocycles. The highest BCUT2D eigenvalue weighted by molar-refractivity contribution is 7.80. The molecule has 4 heteroatoms. The van der Waals surface area contributed by atoms with Crippen LogP contribution < -0.4 is 9.47 Å². The number of ether oxygens (including phenoxy) is 2. The zero-order valence-corrected chi connectivity index (χ0v) is 12.0. The van der Waals surface area contributed by atoms with Crippen LogP contribution in [0.25, 0.3) is 0 Å². The highest BCUT2D eigenvalue weighted by Crippen LogP contribution is 2.34. The smallest absolute Gasteiger partial charge is 0.231 e. The number of aryl methyl sites for hydroxylation is 1. The van der Waals surface area contributed by atoms with Gasteiger partial charge in [0.15, 0.2) is 11.5 Å². The minimum absolute atomic E-state index is 0.347. The van der Waals surface area contributed by atoms with E-state index in [9.17, 15) is 0 Å². The van der Waals surface area contributed by atoms with Gasteiger partial charge in [0.2, 0.25) is 6.79 Å². The van der Waals surface area contributed by atoms with E-state index in [0.29, 0.717) is 6.79 Å². The maximum absolute atomic E-state index is 5.42. The molecule has 0 radical (unpaired) electrons. The van der Waals surface area contributed by atoms with E-state index in [0.717, 1.165) is 43.2 Å². The molecule has 0 spiro atoms. The molecule has 0 aromatic heterocycles. The van der Waals surface area contributed by atoms with Gasteiger partial charge in [-0.15, -0.1) is 0 Å². The Labute approximate surface area is 114 Å². The number of hydrogen-bond donors (Lipinski definition) is 1. The summed E-state index contributed by atoms with van der Waals surface area (Å²) in [6.45, 7) is 4.65. The van der Waals surface area contributed by atoms with Gasteiger partial charge in [-0.2, -0.15) is 12.6 Å². The van der Waals surface area contributed by atoms with E-state index in [-0.39, 0.29) is 0 Å². The molecule has 3 nitrogen and oxygen atoms in total. The largest absolute Gasteiger partial charge is 0.454 e. The Morgan fingerprint density at radius 1 is 1.22 bits per heavy atom. The van der Waals surface area contributed by atoms with E-state index in [4.69, 9.17) is 9.47 Å². The zero-order chi connectivity index (χ0) is 13.0. The first-order chi connectivity index (χ1) is 8.70. The summed E-state index contributed by atoms with van der Waals surface area (Å²) < 4.78 is 10.8. The van der Waals surface area contributed by atoms with Crippen LogP contribution in [0.1, 0.15) is 17.5 Å². The van der Waals surface area contributed by atoms with Crippen molar-refractivity contribution < 1.29 is 9.47 Å². The summed E-state index contributed by atoms with van der Waals surface area (Å²) >= 11 is 4.24. The van der Waals surface area contributed by atoms with Gasteiger partial charge < -0.3 is 14.4 Å². The molecule has 0 aliphatic carbocycles. The van der Waals surface area contributed by atoms with Crippen molar-refractivity contribution in [2.24, 2.45) is 0 Å². The van der Waals surface area contributed by atoms with Gasteiger partial charge in [-0.3, -0.25) is 0 Å². The average molecular weight is 267 g/mol. The normalized spacial score (nSPS) is 13.3. The van der Waals surface area contributed by atoms with Gasteiger partial charge in [-0.25, -0.2) is 0 Å². The fraction of sp³-hybridized carbons (Fsp3) is 0.571. The second-order valence-corrected chi connectivity index (χ2v) is 5.21. The van der Waals surface area contributed by atoms with Crippen LogP contribution in [0.3, 0.4) is 0 Å². The number of hydrogen-bond acceptors (Lipinski definition) is 4. The lowest BCUT2D eigenvalue weighted by molar-refractivity contribution is 0.174. The molecule has 1 aromatic carbocycles. The van der Waals surface area contributed by atoms with E-state index in [1.807, 2.05) is 0 Å². The molecule has 0 fully saturated rings. The molecular weight excluding hydrogens is 246 g/mol. The summed E-state index contributed by atoms with van der Waals surface area (Å²) in [5.74, 6) is 2.71. The van der Waals surface area contributed by atoms with Crippen LogP contribution in [0.15, 0.2) is 12.1 Å². The molecular formula is C14H21NO2S. The Morgan fingerprint density at radius 2 is 1.94 bits per heavy atom. The lowest BCUT2D eigenvalue weighted by Gasteiger charge is -2.16. The second-order valence-electron chi connectivity index (χ2n) is 4.76. The third-order valence-corrected chi connectivity index (χ3v) is 3.61. The summed E-state index contributed by atoms with van der Waals surface area (Å²) in [7, 11) is 2.16. The molecule has 1 aliphatic rings. The summed E-state index contributed by atoms with van der Waals surface area (Å²) in [6, 6.07) is 4.19. The topological polar surface area (TPSA) is 21.7 Å². The molecule has 0 atom stereocenters. The molecule has 0 unspecified atom stereocenters. The Hall–Kier alpha value is -0.870. The van der Waals surface area contributed by atoms with Crippen LogP contribution in [-0.2, 0) is 6.42 Å². The molecule has 1 aromatic rings. The Balaban J connectivity index is 1.93. The lowest BCUT2D eigenvalue weighted by atomic mass is 10.0. The average Bonchev–Trinajstić information content (AvgIpc) is 2.80.